The molecule has 1 aromatic heterocycles. The van der Waals surface area contributed by atoms with Crippen LogP contribution >= 0.6 is 11.3 Å². The van der Waals surface area contributed by atoms with Gasteiger partial charge >= 0.3 is 6.03 Å². The Kier molecular flexibility index (Phi) is 5.33. The second-order valence-electron chi connectivity index (χ2n) is 6.15. The molecule has 7 heteroatoms. The fourth-order valence-corrected chi connectivity index (χ4v) is 3.43. The van der Waals surface area contributed by atoms with E-state index >= 15 is 0 Å². The zero-order valence-corrected chi connectivity index (χ0v) is 14.7. The minimum Gasteiger partial charge on any atom is -0.326 e. The van der Waals surface area contributed by atoms with Crippen LogP contribution in [0.1, 0.15) is 18.4 Å². The van der Waals surface area contributed by atoms with E-state index in [1.165, 1.54) is 17.4 Å². The molecule has 2 heterocycles. The molecular weight excluding hydrogens is 341 g/mol. The van der Waals surface area contributed by atoms with E-state index in [9.17, 15) is 14.0 Å². The van der Waals surface area contributed by atoms with Crippen LogP contribution in [0.5, 0.6) is 0 Å². The number of hydrogen-bond donors (Lipinski definition) is 2. The molecule has 0 aliphatic carbocycles. The van der Waals surface area contributed by atoms with Gasteiger partial charge in [-0.3, -0.25) is 10.1 Å². The van der Waals surface area contributed by atoms with Crippen LogP contribution in [0, 0.1) is 18.7 Å². The van der Waals surface area contributed by atoms with E-state index in [1.807, 2.05) is 17.5 Å². The Labute approximate surface area is 149 Å². The SMILES string of the molecule is Cc1ccc(NC(=O)C2CCCN(C(=O)Nc3cccs3)C2)cc1F. The predicted molar refractivity (Wildman–Crippen MR) is 97.4 cm³/mol. The van der Waals surface area contributed by atoms with Gasteiger partial charge in [0.15, 0.2) is 0 Å². The number of nitrogens with zero attached hydrogens (tertiary/aromatic N) is 1. The van der Waals surface area contributed by atoms with E-state index in [2.05, 4.69) is 10.6 Å². The summed E-state index contributed by atoms with van der Waals surface area (Å²) in [6, 6.07) is 8.14. The minimum absolute atomic E-state index is 0.183. The van der Waals surface area contributed by atoms with Crippen LogP contribution < -0.4 is 10.6 Å². The number of carbonyl (C=O) groups excluding carboxylic acids is 2. The molecule has 1 atom stereocenters. The van der Waals surface area contributed by atoms with Crippen LogP contribution in [0.4, 0.5) is 19.9 Å². The molecule has 25 heavy (non-hydrogen) atoms. The summed E-state index contributed by atoms with van der Waals surface area (Å²) >= 11 is 1.45. The van der Waals surface area contributed by atoms with Crippen molar-refractivity contribution >= 4 is 34.0 Å². The van der Waals surface area contributed by atoms with E-state index in [4.69, 9.17) is 0 Å². The van der Waals surface area contributed by atoms with Gasteiger partial charge in [-0.2, -0.15) is 0 Å². The molecule has 0 bridgehead atoms. The number of carbonyl (C=O) groups is 2. The Hall–Kier alpha value is -2.41. The van der Waals surface area contributed by atoms with E-state index in [1.54, 1.807) is 24.0 Å². The highest BCUT2D eigenvalue weighted by Gasteiger charge is 2.28. The first-order valence-electron chi connectivity index (χ1n) is 8.19. The number of thiophene rings is 1. The lowest BCUT2D eigenvalue weighted by Crippen LogP contribution is -2.45. The minimum atomic E-state index is -0.349. The maximum atomic E-state index is 13.6. The van der Waals surface area contributed by atoms with Gasteiger partial charge < -0.3 is 10.2 Å². The lowest BCUT2D eigenvalue weighted by Gasteiger charge is -2.31. The third kappa shape index (κ3) is 4.36. The molecular formula is C18H20FN3O2S. The first-order valence-corrected chi connectivity index (χ1v) is 9.07. The average Bonchev–Trinajstić information content (AvgIpc) is 3.11. The summed E-state index contributed by atoms with van der Waals surface area (Å²) in [4.78, 5) is 26.4. The molecule has 1 fully saturated rings. The fourth-order valence-electron chi connectivity index (χ4n) is 2.82. The molecule has 0 saturated carbocycles. The van der Waals surface area contributed by atoms with Crippen LogP contribution in [-0.2, 0) is 4.79 Å². The first kappa shape index (κ1) is 17.4. The van der Waals surface area contributed by atoms with Crippen LogP contribution in [0.3, 0.4) is 0 Å². The van der Waals surface area contributed by atoms with Gasteiger partial charge in [0.25, 0.3) is 0 Å². The van der Waals surface area contributed by atoms with Crippen molar-refractivity contribution < 1.29 is 14.0 Å². The summed E-state index contributed by atoms with van der Waals surface area (Å²) in [5.74, 6) is -0.831. The normalized spacial score (nSPS) is 17.2. The molecule has 0 spiro atoms. The van der Waals surface area contributed by atoms with Gasteiger partial charge in [0.05, 0.1) is 10.9 Å². The van der Waals surface area contributed by atoms with E-state index in [0.29, 0.717) is 30.8 Å². The Morgan fingerprint density at radius 3 is 2.84 bits per heavy atom. The molecule has 1 saturated heterocycles. The Bertz CT molecular complexity index is 764. The number of nitrogens with one attached hydrogen (secondary N) is 2. The number of rotatable bonds is 3. The highest BCUT2D eigenvalue weighted by Crippen LogP contribution is 2.22. The molecule has 3 amide bonds. The molecule has 1 aliphatic rings. The maximum absolute atomic E-state index is 13.6. The number of hydrogen-bond acceptors (Lipinski definition) is 3. The lowest BCUT2D eigenvalue weighted by atomic mass is 9.97. The van der Waals surface area contributed by atoms with Gasteiger partial charge in [-0.1, -0.05) is 6.07 Å². The number of piperidine rings is 1. The second-order valence-corrected chi connectivity index (χ2v) is 7.09. The van der Waals surface area contributed by atoms with Gasteiger partial charge in [-0.25, -0.2) is 9.18 Å². The third-order valence-corrected chi connectivity index (χ3v) is 5.06. The molecule has 2 N–H and O–H groups in total. The summed E-state index contributed by atoms with van der Waals surface area (Å²) < 4.78 is 13.6. The van der Waals surface area contributed by atoms with E-state index < -0.39 is 0 Å². The van der Waals surface area contributed by atoms with Gasteiger partial charge in [0, 0.05) is 18.8 Å². The zero-order chi connectivity index (χ0) is 17.8. The second kappa shape index (κ2) is 7.65. The van der Waals surface area contributed by atoms with Crippen LogP contribution in [0.25, 0.3) is 0 Å². The highest BCUT2D eigenvalue weighted by atomic mass is 32.1. The van der Waals surface area contributed by atoms with Crippen molar-refractivity contribution in [3.63, 3.8) is 0 Å². The standard InChI is InChI=1S/C18H20FN3O2S/c1-12-6-7-14(10-15(12)19)20-17(23)13-4-2-8-22(11-13)18(24)21-16-5-3-9-25-16/h3,5-7,9-10,13H,2,4,8,11H2,1H3,(H,20,23)(H,21,24). The number of benzene rings is 1. The van der Waals surface area contributed by atoms with Crippen LogP contribution in [0.15, 0.2) is 35.7 Å². The Morgan fingerprint density at radius 2 is 2.12 bits per heavy atom. The van der Waals surface area contributed by atoms with Gasteiger partial charge in [-0.05, 0) is 55.0 Å². The zero-order valence-electron chi connectivity index (χ0n) is 13.9. The van der Waals surface area contributed by atoms with Crippen LogP contribution in [0.2, 0.25) is 0 Å². The van der Waals surface area contributed by atoms with Crippen molar-refractivity contribution in [1.29, 1.82) is 0 Å². The third-order valence-electron chi connectivity index (χ3n) is 4.27. The molecule has 1 aliphatic heterocycles. The molecule has 1 aromatic carbocycles. The Balaban J connectivity index is 1.59. The smallest absolute Gasteiger partial charge is 0.322 e. The summed E-state index contributed by atoms with van der Waals surface area (Å²) in [7, 11) is 0. The molecule has 0 radical (unpaired) electrons. The van der Waals surface area contributed by atoms with Crippen molar-refractivity contribution in [3.05, 3.63) is 47.1 Å². The van der Waals surface area contributed by atoms with Crippen molar-refractivity contribution in [1.82, 2.24) is 4.90 Å². The number of urea groups is 1. The topological polar surface area (TPSA) is 61.4 Å². The largest absolute Gasteiger partial charge is 0.326 e. The quantitative estimate of drug-likeness (QED) is 0.865. The van der Waals surface area contributed by atoms with Gasteiger partial charge in [0.2, 0.25) is 5.91 Å². The molecule has 132 valence electrons. The number of likely N-dealkylation sites (tertiary alicyclic amines) is 1. The van der Waals surface area contributed by atoms with Crippen molar-refractivity contribution in [2.75, 3.05) is 23.7 Å². The Morgan fingerprint density at radius 1 is 1.28 bits per heavy atom. The van der Waals surface area contributed by atoms with Gasteiger partial charge in [0.1, 0.15) is 5.82 Å². The molecule has 2 aromatic rings. The summed E-state index contributed by atoms with van der Waals surface area (Å²) in [5, 5.41) is 8.26. The predicted octanol–water partition coefficient (Wildman–Crippen LogP) is 4.08. The average molecular weight is 361 g/mol. The van der Waals surface area contributed by atoms with E-state index in [-0.39, 0.29) is 23.7 Å². The van der Waals surface area contributed by atoms with E-state index in [0.717, 1.165) is 11.4 Å². The van der Waals surface area contributed by atoms with Crippen molar-refractivity contribution in [3.8, 4) is 0 Å². The molecule has 5 nitrogen and oxygen atoms in total. The monoisotopic (exact) mass is 361 g/mol. The number of aryl methyl sites for hydroxylation is 1. The molecule has 1 unspecified atom stereocenters. The summed E-state index contributed by atoms with van der Waals surface area (Å²) in [6.07, 6.45) is 1.47. The number of anilines is 2. The number of halogens is 1. The van der Waals surface area contributed by atoms with Crippen molar-refractivity contribution in [2.45, 2.75) is 19.8 Å². The van der Waals surface area contributed by atoms with Crippen molar-refractivity contribution in [2.24, 2.45) is 5.92 Å². The highest BCUT2D eigenvalue weighted by molar-refractivity contribution is 7.14. The van der Waals surface area contributed by atoms with Crippen LogP contribution in [-0.4, -0.2) is 29.9 Å². The maximum Gasteiger partial charge on any atom is 0.322 e. The summed E-state index contributed by atoms with van der Waals surface area (Å²) in [5.41, 5.74) is 0.973. The number of amides is 3. The fraction of sp³-hybridized carbons (Fsp3) is 0.333. The molecule has 3 rings (SSSR count). The first-order chi connectivity index (χ1) is 12.0. The summed E-state index contributed by atoms with van der Waals surface area (Å²) in [6.45, 7) is 2.66. The lowest BCUT2D eigenvalue weighted by molar-refractivity contribution is -0.121. The van der Waals surface area contributed by atoms with Gasteiger partial charge in [-0.15, -0.1) is 11.3 Å².